The summed E-state index contributed by atoms with van der Waals surface area (Å²) in [6, 6.07) is 16.9. The lowest BCUT2D eigenvalue weighted by Gasteiger charge is -2.04. The lowest BCUT2D eigenvalue weighted by atomic mass is 10.2. The second-order valence-electron chi connectivity index (χ2n) is 3.74. The van der Waals surface area contributed by atoms with E-state index in [1.165, 1.54) is 17.5 Å². The van der Waals surface area contributed by atoms with Crippen molar-refractivity contribution >= 4 is 17.9 Å². The highest BCUT2D eigenvalue weighted by Crippen LogP contribution is 2.16. The van der Waals surface area contributed by atoms with E-state index in [9.17, 15) is 4.79 Å². The van der Waals surface area contributed by atoms with Crippen molar-refractivity contribution < 1.29 is 9.90 Å². The van der Waals surface area contributed by atoms with Crippen molar-refractivity contribution in [2.75, 3.05) is 0 Å². The van der Waals surface area contributed by atoms with Gasteiger partial charge >= 0.3 is 5.97 Å². The zero-order chi connectivity index (χ0) is 12.8. The normalized spacial score (nSPS) is 10.2. The van der Waals surface area contributed by atoms with Crippen LogP contribution in [0, 0.1) is 0 Å². The van der Waals surface area contributed by atoms with Gasteiger partial charge in [-0.05, 0) is 35.7 Å². The van der Waals surface area contributed by atoms with E-state index in [-0.39, 0.29) is 0 Å². The van der Waals surface area contributed by atoms with Crippen molar-refractivity contribution in [1.29, 1.82) is 0 Å². The van der Waals surface area contributed by atoms with E-state index < -0.39 is 5.97 Å². The zero-order valence-corrected chi connectivity index (χ0v) is 10.5. The summed E-state index contributed by atoms with van der Waals surface area (Å²) in [5, 5.41) is 8.88. The second kappa shape index (κ2) is 6.23. The molecule has 4 heteroatoms. The number of carboxylic acid groups (broad SMARTS) is 1. The van der Waals surface area contributed by atoms with Gasteiger partial charge in [0.05, 0.1) is 5.56 Å². The fraction of sp³-hybridized carbons (Fsp3) is 0.0714. The van der Waals surface area contributed by atoms with Gasteiger partial charge in [-0.15, -0.1) is 0 Å². The molecule has 2 N–H and O–H groups in total. The van der Waals surface area contributed by atoms with E-state index in [0.717, 1.165) is 11.4 Å². The van der Waals surface area contributed by atoms with Gasteiger partial charge in [0.25, 0.3) is 0 Å². The van der Waals surface area contributed by atoms with Crippen LogP contribution in [0.25, 0.3) is 0 Å². The zero-order valence-electron chi connectivity index (χ0n) is 9.67. The molecular formula is C14H13NO2S. The summed E-state index contributed by atoms with van der Waals surface area (Å²) in [7, 11) is 0. The van der Waals surface area contributed by atoms with Gasteiger partial charge in [0.15, 0.2) is 0 Å². The molecule has 0 amide bonds. The van der Waals surface area contributed by atoms with Crippen LogP contribution in [-0.2, 0) is 6.54 Å². The maximum atomic E-state index is 10.8. The Bertz CT molecular complexity index is 528. The molecule has 0 aliphatic carbocycles. The molecule has 0 atom stereocenters. The SMILES string of the molecule is O=C(O)c1cccc(SNCc2ccccc2)c1. The fourth-order valence-electron chi connectivity index (χ4n) is 1.49. The van der Waals surface area contributed by atoms with Gasteiger partial charge in [0, 0.05) is 11.4 Å². The van der Waals surface area contributed by atoms with Crippen molar-refractivity contribution in [3.63, 3.8) is 0 Å². The van der Waals surface area contributed by atoms with Crippen LogP contribution in [0.3, 0.4) is 0 Å². The van der Waals surface area contributed by atoms with E-state index in [4.69, 9.17) is 5.11 Å². The molecule has 0 fully saturated rings. The molecule has 2 aromatic carbocycles. The Morgan fingerprint density at radius 1 is 1.11 bits per heavy atom. The van der Waals surface area contributed by atoms with Gasteiger partial charge < -0.3 is 5.11 Å². The molecule has 0 bridgehead atoms. The smallest absolute Gasteiger partial charge is 0.335 e. The molecule has 2 aromatic rings. The summed E-state index contributed by atoms with van der Waals surface area (Å²) in [6.45, 7) is 0.739. The van der Waals surface area contributed by atoms with Crippen molar-refractivity contribution in [1.82, 2.24) is 4.72 Å². The minimum absolute atomic E-state index is 0.307. The first-order valence-electron chi connectivity index (χ1n) is 5.53. The van der Waals surface area contributed by atoms with E-state index in [1.54, 1.807) is 18.2 Å². The number of carbonyl (C=O) groups is 1. The first kappa shape index (κ1) is 12.7. The Morgan fingerprint density at radius 3 is 2.61 bits per heavy atom. The van der Waals surface area contributed by atoms with Crippen LogP contribution in [0.2, 0.25) is 0 Å². The van der Waals surface area contributed by atoms with Crippen molar-refractivity contribution in [3.05, 3.63) is 65.7 Å². The minimum Gasteiger partial charge on any atom is -0.478 e. The predicted octanol–water partition coefficient (Wildman–Crippen LogP) is 3.18. The standard InChI is InChI=1S/C14H13NO2S/c16-14(17)12-7-4-8-13(9-12)18-15-10-11-5-2-1-3-6-11/h1-9,15H,10H2,(H,16,17). The van der Waals surface area contributed by atoms with Crippen LogP contribution in [0.5, 0.6) is 0 Å². The van der Waals surface area contributed by atoms with Gasteiger partial charge in [-0.3, -0.25) is 4.72 Å². The first-order chi connectivity index (χ1) is 8.75. The minimum atomic E-state index is -0.902. The molecule has 0 saturated carbocycles. The van der Waals surface area contributed by atoms with Crippen LogP contribution >= 0.6 is 11.9 Å². The summed E-state index contributed by atoms with van der Waals surface area (Å²) >= 11 is 1.43. The molecule has 18 heavy (non-hydrogen) atoms. The number of nitrogens with one attached hydrogen (secondary N) is 1. The van der Waals surface area contributed by atoms with Gasteiger partial charge in [-0.2, -0.15) is 0 Å². The fourth-order valence-corrected chi connectivity index (χ4v) is 2.23. The Labute approximate surface area is 110 Å². The van der Waals surface area contributed by atoms with E-state index in [0.29, 0.717) is 5.56 Å². The molecule has 0 saturated heterocycles. The molecular weight excluding hydrogens is 246 g/mol. The quantitative estimate of drug-likeness (QED) is 0.810. The van der Waals surface area contributed by atoms with Gasteiger partial charge in [0.2, 0.25) is 0 Å². The van der Waals surface area contributed by atoms with Crippen LogP contribution in [0.15, 0.2) is 59.5 Å². The van der Waals surface area contributed by atoms with Crippen molar-refractivity contribution in [2.24, 2.45) is 0 Å². The van der Waals surface area contributed by atoms with E-state index in [1.807, 2.05) is 36.4 Å². The topological polar surface area (TPSA) is 49.3 Å². The molecule has 0 heterocycles. The molecule has 2 rings (SSSR count). The third-order valence-corrected chi connectivity index (χ3v) is 3.17. The molecule has 0 aliphatic heterocycles. The first-order valence-corrected chi connectivity index (χ1v) is 6.34. The maximum Gasteiger partial charge on any atom is 0.335 e. The highest BCUT2D eigenvalue weighted by atomic mass is 32.2. The number of rotatable bonds is 5. The highest BCUT2D eigenvalue weighted by Gasteiger charge is 2.03. The Balaban J connectivity index is 1.90. The van der Waals surface area contributed by atoms with E-state index in [2.05, 4.69) is 4.72 Å². The Morgan fingerprint density at radius 2 is 1.89 bits per heavy atom. The number of hydrogen-bond acceptors (Lipinski definition) is 3. The van der Waals surface area contributed by atoms with Crippen molar-refractivity contribution in [2.45, 2.75) is 11.4 Å². The second-order valence-corrected chi connectivity index (χ2v) is 4.71. The third-order valence-electron chi connectivity index (χ3n) is 2.39. The monoisotopic (exact) mass is 259 g/mol. The lowest BCUT2D eigenvalue weighted by Crippen LogP contribution is -2.03. The third kappa shape index (κ3) is 3.61. The Hall–Kier alpha value is -1.78. The number of benzene rings is 2. The molecule has 0 aromatic heterocycles. The van der Waals surface area contributed by atoms with Gasteiger partial charge in [-0.25, -0.2) is 4.79 Å². The maximum absolute atomic E-state index is 10.8. The van der Waals surface area contributed by atoms with Crippen LogP contribution < -0.4 is 4.72 Å². The van der Waals surface area contributed by atoms with Crippen molar-refractivity contribution in [3.8, 4) is 0 Å². The number of hydrogen-bond donors (Lipinski definition) is 2. The summed E-state index contributed by atoms with van der Waals surface area (Å²) in [6.07, 6.45) is 0. The van der Waals surface area contributed by atoms with E-state index >= 15 is 0 Å². The van der Waals surface area contributed by atoms with Crippen LogP contribution in [0.1, 0.15) is 15.9 Å². The molecule has 92 valence electrons. The largest absolute Gasteiger partial charge is 0.478 e. The Kier molecular flexibility index (Phi) is 4.39. The summed E-state index contributed by atoms with van der Waals surface area (Å²) in [5.74, 6) is -0.902. The number of carboxylic acids is 1. The van der Waals surface area contributed by atoms with Gasteiger partial charge in [-0.1, -0.05) is 36.4 Å². The molecule has 3 nitrogen and oxygen atoms in total. The molecule has 0 radical (unpaired) electrons. The summed E-state index contributed by atoms with van der Waals surface area (Å²) in [5.41, 5.74) is 1.50. The summed E-state index contributed by atoms with van der Waals surface area (Å²) < 4.78 is 3.21. The average molecular weight is 259 g/mol. The highest BCUT2D eigenvalue weighted by molar-refractivity contribution is 7.97. The van der Waals surface area contributed by atoms with Crippen LogP contribution in [-0.4, -0.2) is 11.1 Å². The number of aromatic carboxylic acids is 1. The molecule has 0 spiro atoms. The summed E-state index contributed by atoms with van der Waals surface area (Å²) in [4.78, 5) is 11.7. The average Bonchev–Trinajstić information content (AvgIpc) is 2.40. The molecule has 0 aliphatic rings. The lowest BCUT2D eigenvalue weighted by molar-refractivity contribution is 0.0696. The van der Waals surface area contributed by atoms with Crippen LogP contribution in [0.4, 0.5) is 0 Å². The molecule has 0 unspecified atom stereocenters. The predicted molar refractivity (Wildman–Crippen MR) is 72.5 cm³/mol. The van der Waals surface area contributed by atoms with Gasteiger partial charge in [0.1, 0.15) is 0 Å².